The standard InChI is InChI=1S/C14H26N6O.HI/c1-6-20-9-17-19-12(20)8-16-13(15-4)18-10-7-11(21-5)14(10,2)3;/h9-11H,6-8H2,1-5H3,(H2,15,16,18);1H. The Kier molecular flexibility index (Phi) is 7.04. The molecule has 0 radical (unpaired) electrons. The molecule has 126 valence electrons. The highest BCUT2D eigenvalue weighted by molar-refractivity contribution is 14.0. The van der Waals surface area contributed by atoms with Gasteiger partial charge in [-0.2, -0.15) is 0 Å². The first-order valence-electron chi connectivity index (χ1n) is 7.39. The maximum Gasteiger partial charge on any atom is 0.191 e. The highest BCUT2D eigenvalue weighted by Gasteiger charge is 2.48. The van der Waals surface area contributed by atoms with Gasteiger partial charge in [0.25, 0.3) is 0 Å². The van der Waals surface area contributed by atoms with Crippen LogP contribution in [0.2, 0.25) is 0 Å². The molecule has 1 aromatic heterocycles. The molecule has 1 aromatic rings. The van der Waals surface area contributed by atoms with E-state index in [1.54, 1.807) is 20.5 Å². The monoisotopic (exact) mass is 422 g/mol. The van der Waals surface area contributed by atoms with Crippen LogP contribution in [0.3, 0.4) is 0 Å². The third kappa shape index (κ3) is 3.89. The van der Waals surface area contributed by atoms with Crippen molar-refractivity contribution in [3.63, 3.8) is 0 Å². The summed E-state index contributed by atoms with van der Waals surface area (Å²) in [6, 6.07) is 0.359. The molecule has 2 rings (SSSR count). The molecule has 2 atom stereocenters. The maximum atomic E-state index is 5.47. The fraction of sp³-hybridized carbons (Fsp3) is 0.786. The molecule has 1 aliphatic carbocycles. The SMILES string of the molecule is CCn1cnnc1CNC(=NC)NC1CC(OC)C1(C)C.I. The first kappa shape index (κ1) is 19.1. The Hall–Kier alpha value is -0.900. The summed E-state index contributed by atoms with van der Waals surface area (Å²) in [7, 11) is 3.55. The van der Waals surface area contributed by atoms with Crippen LogP contribution in [0.5, 0.6) is 0 Å². The fourth-order valence-electron chi connectivity index (χ4n) is 2.73. The molecule has 0 aliphatic heterocycles. The van der Waals surface area contributed by atoms with Gasteiger partial charge < -0.3 is 19.9 Å². The van der Waals surface area contributed by atoms with Gasteiger partial charge in [0.05, 0.1) is 12.6 Å². The van der Waals surface area contributed by atoms with Crippen LogP contribution in [0.4, 0.5) is 0 Å². The van der Waals surface area contributed by atoms with Crippen molar-refractivity contribution in [3.05, 3.63) is 12.2 Å². The van der Waals surface area contributed by atoms with Crippen LogP contribution in [0.25, 0.3) is 0 Å². The van der Waals surface area contributed by atoms with Gasteiger partial charge in [-0.1, -0.05) is 13.8 Å². The third-order valence-corrected chi connectivity index (χ3v) is 4.45. The predicted octanol–water partition coefficient (Wildman–Crippen LogP) is 1.39. The van der Waals surface area contributed by atoms with Crippen molar-refractivity contribution in [2.24, 2.45) is 10.4 Å². The lowest BCUT2D eigenvalue weighted by Gasteiger charge is -2.51. The Balaban J connectivity index is 0.00000242. The Labute approximate surface area is 149 Å². The van der Waals surface area contributed by atoms with Crippen LogP contribution in [-0.4, -0.2) is 47.0 Å². The molecule has 0 spiro atoms. The van der Waals surface area contributed by atoms with Gasteiger partial charge in [-0.25, -0.2) is 0 Å². The number of hydrogen-bond donors (Lipinski definition) is 2. The van der Waals surface area contributed by atoms with E-state index in [4.69, 9.17) is 4.74 Å². The number of nitrogens with one attached hydrogen (secondary N) is 2. The molecule has 1 heterocycles. The molecular formula is C14H27IN6O. The summed E-state index contributed by atoms with van der Waals surface area (Å²) < 4.78 is 7.48. The molecule has 1 saturated carbocycles. The molecule has 1 aliphatic rings. The second-order valence-corrected chi connectivity index (χ2v) is 5.94. The molecule has 0 aromatic carbocycles. The molecular weight excluding hydrogens is 395 g/mol. The first-order valence-corrected chi connectivity index (χ1v) is 7.39. The number of aliphatic imine (C=N–C) groups is 1. The summed E-state index contributed by atoms with van der Waals surface area (Å²) >= 11 is 0. The number of aryl methyl sites for hydroxylation is 1. The van der Waals surface area contributed by atoms with E-state index < -0.39 is 0 Å². The van der Waals surface area contributed by atoms with Gasteiger partial charge in [0.15, 0.2) is 11.8 Å². The zero-order valence-electron chi connectivity index (χ0n) is 14.0. The van der Waals surface area contributed by atoms with Crippen molar-refractivity contribution in [1.29, 1.82) is 0 Å². The van der Waals surface area contributed by atoms with Gasteiger partial charge in [-0.05, 0) is 13.3 Å². The third-order valence-electron chi connectivity index (χ3n) is 4.45. The van der Waals surface area contributed by atoms with E-state index in [2.05, 4.69) is 46.6 Å². The summed E-state index contributed by atoms with van der Waals surface area (Å²) in [4.78, 5) is 4.28. The van der Waals surface area contributed by atoms with Crippen molar-refractivity contribution in [2.75, 3.05) is 14.2 Å². The zero-order chi connectivity index (χ0) is 15.5. The van der Waals surface area contributed by atoms with E-state index in [1.807, 2.05) is 4.57 Å². The molecule has 2 N–H and O–H groups in total. The lowest BCUT2D eigenvalue weighted by molar-refractivity contribution is -0.0922. The minimum Gasteiger partial charge on any atom is -0.381 e. The summed E-state index contributed by atoms with van der Waals surface area (Å²) in [6.07, 6.45) is 3.04. The average Bonchev–Trinajstić information content (AvgIpc) is 2.93. The van der Waals surface area contributed by atoms with Crippen LogP contribution < -0.4 is 10.6 Å². The number of guanidine groups is 1. The Morgan fingerprint density at radius 1 is 1.55 bits per heavy atom. The maximum absolute atomic E-state index is 5.47. The number of halogens is 1. The smallest absolute Gasteiger partial charge is 0.191 e. The van der Waals surface area contributed by atoms with Crippen molar-refractivity contribution >= 4 is 29.9 Å². The lowest BCUT2D eigenvalue weighted by Crippen LogP contribution is -2.63. The summed E-state index contributed by atoms with van der Waals surface area (Å²) in [5.41, 5.74) is 0.107. The number of aromatic nitrogens is 3. The van der Waals surface area contributed by atoms with E-state index in [1.165, 1.54) is 0 Å². The van der Waals surface area contributed by atoms with Crippen molar-refractivity contribution < 1.29 is 4.74 Å². The Morgan fingerprint density at radius 2 is 2.27 bits per heavy atom. The predicted molar refractivity (Wildman–Crippen MR) is 97.4 cm³/mol. The van der Waals surface area contributed by atoms with Crippen molar-refractivity contribution in [2.45, 2.75) is 52.4 Å². The molecule has 8 heteroatoms. The van der Waals surface area contributed by atoms with Gasteiger partial charge in [0, 0.05) is 32.2 Å². The van der Waals surface area contributed by atoms with Crippen LogP contribution in [-0.2, 0) is 17.8 Å². The first-order chi connectivity index (χ1) is 10.0. The van der Waals surface area contributed by atoms with Crippen LogP contribution >= 0.6 is 24.0 Å². The number of ether oxygens (including phenoxy) is 1. The van der Waals surface area contributed by atoms with E-state index in [0.717, 1.165) is 24.7 Å². The van der Waals surface area contributed by atoms with Crippen molar-refractivity contribution in [3.8, 4) is 0 Å². The van der Waals surface area contributed by atoms with Crippen LogP contribution in [0.1, 0.15) is 33.0 Å². The number of methoxy groups -OCH3 is 1. The highest BCUT2D eigenvalue weighted by atomic mass is 127. The van der Waals surface area contributed by atoms with Gasteiger partial charge in [0.1, 0.15) is 6.33 Å². The van der Waals surface area contributed by atoms with Gasteiger partial charge in [-0.3, -0.25) is 4.99 Å². The minimum absolute atomic E-state index is 0. The molecule has 0 amide bonds. The van der Waals surface area contributed by atoms with Crippen LogP contribution in [0.15, 0.2) is 11.3 Å². The number of rotatable bonds is 5. The van der Waals surface area contributed by atoms with Gasteiger partial charge in [-0.15, -0.1) is 34.2 Å². The minimum atomic E-state index is 0. The van der Waals surface area contributed by atoms with Gasteiger partial charge >= 0.3 is 0 Å². The quantitative estimate of drug-likeness (QED) is 0.426. The molecule has 0 saturated heterocycles. The lowest BCUT2D eigenvalue weighted by atomic mass is 9.64. The zero-order valence-corrected chi connectivity index (χ0v) is 16.3. The Bertz CT molecular complexity index is 501. The number of nitrogens with zero attached hydrogens (tertiary/aromatic N) is 4. The summed E-state index contributed by atoms with van der Waals surface area (Å²) in [5.74, 6) is 1.69. The largest absolute Gasteiger partial charge is 0.381 e. The molecule has 1 fully saturated rings. The fourth-order valence-corrected chi connectivity index (χ4v) is 2.73. The Morgan fingerprint density at radius 3 is 2.82 bits per heavy atom. The van der Waals surface area contributed by atoms with Gasteiger partial charge in [0.2, 0.25) is 0 Å². The molecule has 2 unspecified atom stereocenters. The topological polar surface area (TPSA) is 76.4 Å². The normalized spacial score (nSPS) is 23.4. The van der Waals surface area contributed by atoms with E-state index in [9.17, 15) is 0 Å². The molecule has 0 bridgehead atoms. The van der Waals surface area contributed by atoms with Crippen molar-refractivity contribution in [1.82, 2.24) is 25.4 Å². The second-order valence-electron chi connectivity index (χ2n) is 5.94. The summed E-state index contributed by atoms with van der Waals surface area (Å²) in [5, 5.41) is 14.8. The molecule has 7 nitrogen and oxygen atoms in total. The van der Waals surface area contributed by atoms with E-state index in [0.29, 0.717) is 18.7 Å². The van der Waals surface area contributed by atoms with Crippen LogP contribution in [0, 0.1) is 5.41 Å². The summed E-state index contributed by atoms with van der Waals surface area (Å²) in [6.45, 7) is 7.96. The highest BCUT2D eigenvalue weighted by Crippen LogP contribution is 2.42. The van der Waals surface area contributed by atoms with E-state index in [-0.39, 0.29) is 29.4 Å². The average molecular weight is 422 g/mol. The number of hydrogen-bond acceptors (Lipinski definition) is 4. The van der Waals surface area contributed by atoms with E-state index >= 15 is 0 Å². The molecule has 22 heavy (non-hydrogen) atoms. The second kappa shape index (κ2) is 8.09.